The van der Waals surface area contributed by atoms with Gasteiger partial charge in [0, 0.05) is 36.9 Å². The summed E-state index contributed by atoms with van der Waals surface area (Å²) in [4.78, 5) is 16.0. The van der Waals surface area contributed by atoms with E-state index in [9.17, 15) is 23.1 Å². The smallest absolute Gasteiger partial charge is 0.423 e. The molecule has 1 aliphatic heterocycles. The molecule has 2 rings (SSSR count). The third kappa shape index (κ3) is 2.61. The predicted octanol–water partition coefficient (Wildman–Crippen LogP) is -1.26. The Bertz CT molecular complexity index is 569. The summed E-state index contributed by atoms with van der Waals surface area (Å²) in [5.74, 6) is -1.11. The summed E-state index contributed by atoms with van der Waals surface area (Å²) in [7, 11) is -0.954. The van der Waals surface area contributed by atoms with Gasteiger partial charge >= 0.3 is 13.3 Å². The van der Waals surface area contributed by atoms with E-state index in [0.29, 0.717) is 4.90 Å². The monoisotopic (exact) mass is 304 g/mol. The molecule has 2 unspecified atom stereocenters. The molecular formula is C11H12BF3N2O4. The first kappa shape index (κ1) is 15.7. The normalized spacial score (nSPS) is 26.3. The van der Waals surface area contributed by atoms with Crippen LogP contribution in [0, 0.1) is 0 Å². The Morgan fingerprint density at radius 1 is 1.43 bits per heavy atom. The van der Waals surface area contributed by atoms with E-state index >= 15 is 0 Å². The number of likely N-dealkylation sites (N-methyl/N-ethyl adjacent to an activating group) is 1. The van der Waals surface area contributed by atoms with Crippen molar-refractivity contribution >= 4 is 18.5 Å². The molecule has 1 amide bonds. The lowest BCUT2D eigenvalue weighted by Gasteiger charge is -2.21. The van der Waals surface area contributed by atoms with E-state index in [-0.39, 0.29) is 11.0 Å². The molecule has 0 saturated carbocycles. The third-order valence-corrected chi connectivity index (χ3v) is 3.54. The van der Waals surface area contributed by atoms with Crippen molar-refractivity contribution in [3.8, 4) is 0 Å². The number of aromatic nitrogens is 1. The molecule has 1 aliphatic rings. The molecule has 114 valence electrons. The molecule has 0 aromatic carbocycles. The van der Waals surface area contributed by atoms with Crippen LogP contribution in [0.5, 0.6) is 0 Å². The number of nitrogens with zero attached hydrogens (tertiary/aromatic N) is 2. The second-order valence-electron chi connectivity index (χ2n) is 4.92. The van der Waals surface area contributed by atoms with Crippen molar-refractivity contribution in [2.45, 2.75) is 24.2 Å². The first-order chi connectivity index (χ1) is 9.57. The maximum atomic E-state index is 12.9. The highest BCUT2D eigenvalue weighted by Gasteiger charge is 2.59. The van der Waals surface area contributed by atoms with Crippen molar-refractivity contribution in [2.24, 2.45) is 0 Å². The van der Waals surface area contributed by atoms with Crippen LogP contribution in [0.25, 0.3) is 0 Å². The minimum atomic E-state index is -4.67. The molecule has 2 heterocycles. The standard InChI is InChI=1S/C11H12BF3N2O4/c1-17-8(11(13,14)15)3-10(19,9(17)18)6-2-7(12(20)21)5-16-4-6/h2,4-5,8,19-21H,3H2,1H3. The molecule has 21 heavy (non-hydrogen) atoms. The van der Waals surface area contributed by atoms with Gasteiger partial charge in [-0.3, -0.25) is 9.78 Å². The third-order valence-electron chi connectivity index (χ3n) is 3.54. The van der Waals surface area contributed by atoms with Crippen LogP contribution in [0.4, 0.5) is 13.2 Å². The second-order valence-corrected chi connectivity index (χ2v) is 4.92. The minimum Gasteiger partial charge on any atom is -0.423 e. The van der Waals surface area contributed by atoms with E-state index in [0.717, 1.165) is 25.5 Å². The van der Waals surface area contributed by atoms with Gasteiger partial charge in [0.25, 0.3) is 5.91 Å². The average Bonchev–Trinajstić information content (AvgIpc) is 2.64. The summed E-state index contributed by atoms with van der Waals surface area (Å²) in [6, 6.07) is -1.07. The Morgan fingerprint density at radius 3 is 2.52 bits per heavy atom. The number of amides is 1. The zero-order chi connectivity index (χ0) is 16.0. The molecule has 3 N–H and O–H groups in total. The quantitative estimate of drug-likeness (QED) is 0.593. The Labute approximate surface area is 118 Å². The van der Waals surface area contributed by atoms with E-state index in [1.165, 1.54) is 0 Å². The lowest BCUT2D eigenvalue weighted by Crippen LogP contribution is -2.41. The number of hydrogen-bond donors (Lipinski definition) is 3. The lowest BCUT2D eigenvalue weighted by molar-refractivity contribution is -0.177. The largest absolute Gasteiger partial charge is 0.490 e. The second kappa shape index (κ2) is 4.97. The van der Waals surface area contributed by atoms with Gasteiger partial charge in [-0.2, -0.15) is 13.2 Å². The van der Waals surface area contributed by atoms with Crippen molar-refractivity contribution in [1.29, 1.82) is 0 Å². The number of halogens is 3. The van der Waals surface area contributed by atoms with Crippen LogP contribution in [0.2, 0.25) is 0 Å². The van der Waals surface area contributed by atoms with Gasteiger partial charge in [-0.1, -0.05) is 6.07 Å². The summed E-state index contributed by atoms with van der Waals surface area (Å²) >= 11 is 0. The van der Waals surface area contributed by atoms with Crippen LogP contribution in [-0.2, 0) is 10.4 Å². The van der Waals surface area contributed by atoms with Crippen molar-refractivity contribution < 1.29 is 33.1 Å². The van der Waals surface area contributed by atoms with Gasteiger partial charge in [0.2, 0.25) is 0 Å². The Hall–Kier alpha value is -1.65. The number of carbonyl (C=O) groups excluding carboxylic acids is 1. The summed E-state index contributed by atoms with van der Waals surface area (Å²) in [5.41, 5.74) is -2.74. The number of hydrogen-bond acceptors (Lipinski definition) is 5. The minimum absolute atomic E-state index is 0.133. The lowest BCUT2D eigenvalue weighted by atomic mass is 9.79. The fourth-order valence-electron chi connectivity index (χ4n) is 2.34. The van der Waals surface area contributed by atoms with Crippen molar-refractivity contribution in [3.63, 3.8) is 0 Å². The molecule has 0 radical (unpaired) electrons. The average molecular weight is 304 g/mol. The van der Waals surface area contributed by atoms with Crippen LogP contribution >= 0.6 is 0 Å². The first-order valence-corrected chi connectivity index (χ1v) is 5.95. The topological polar surface area (TPSA) is 93.9 Å². The van der Waals surface area contributed by atoms with Crippen molar-refractivity contribution in [3.05, 3.63) is 24.0 Å². The molecule has 1 saturated heterocycles. The molecule has 6 nitrogen and oxygen atoms in total. The van der Waals surface area contributed by atoms with Crippen LogP contribution < -0.4 is 5.46 Å². The summed E-state index contributed by atoms with van der Waals surface area (Å²) in [6.07, 6.45) is -3.45. The van der Waals surface area contributed by atoms with Gasteiger partial charge in [-0.25, -0.2) is 0 Å². The highest BCUT2D eigenvalue weighted by atomic mass is 19.4. The van der Waals surface area contributed by atoms with Gasteiger partial charge < -0.3 is 20.1 Å². The maximum absolute atomic E-state index is 12.9. The number of likely N-dealkylation sites (tertiary alicyclic amines) is 1. The zero-order valence-corrected chi connectivity index (χ0v) is 10.9. The van der Waals surface area contributed by atoms with Crippen LogP contribution in [0.15, 0.2) is 18.5 Å². The number of rotatable bonds is 2. The van der Waals surface area contributed by atoms with Crippen LogP contribution in [0.3, 0.4) is 0 Å². The van der Waals surface area contributed by atoms with E-state index in [4.69, 9.17) is 10.0 Å². The molecule has 0 aliphatic carbocycles. The number of aliphatic hydroxyl groups is 1. The Morgan fingerprint density at radius 2 is 2.05 bits per heavy atom. The molecule has 1 fully saturated rings. The van der Waals surface area contributed by atoms with Crippen molar-refractivity contribution in [1.82, 2.24) is 9.88 Å². The SMILES string of the molecule is CN1C(=O)C(O)(c2cncc(B(O)O)c2)CC1C(F)(F)F. The summed E-state index contributed by atoms with van der Waals surface area (Å²) in [6.45, 7) is 0. The fourth-order valence-corrected chi connectivity index (χ4v) is 2.34. The maximum Gasteiger partial charge on any atom is 0.490 e. The fraction of sp³-hybridized carbons (Fsp3) is 0.455. The number of pyridine rings is 1. The predicted molar refractivity (Wildman–Crippen MR) is 65.2 cm³/mol. The van der Waals surface area contributed by atoms with Crippen molar-refractivity contribution in [2.75, 3.05) is 7.05 Å². The molecular weight excluding hydrogens is 292 g/mol. The van der Waals surface area contributed by atoms with E-state index in [1.807, 2.05) is 0 Å². The van der Waals surface area contributed by atoms with Gasteiger partial charge in [-0.05, 0) is 0 Å². The highest BCUT2D eigenvalue weighted by molar-refractivity contribution is 6.58. The van der Waals surface area contributed by atoms with E-state index in [2.05, 4.69) is 4.98 Å². The van der Waals surface area contributed by atoms with Crippen LogP contribution in [0.1, 0.15) is 12.0 Å². The van der Waals surface area contributed by atoms with Gasteiger partial charge in [0.15, 0.2) is 5.60 Å². The van der Waals surface area contributed by atoms with E-state index in [1.54, 1.807) is 0 Å². The zero-order valence-electron chi connectivity index (χ0n) is 10.9. The summed E-state index contributed by atoms with van der Waals surface area (Å²) in [5, 5.41) is 28.4. The van der Waals surface area contributed by atoms with Gasteiger partial charge in [0.1, 0.15) is 6.04 Å². The first-order valence-electron chi connectivity index (χ1n) is 5.95. The molecule has 1 aromatic rings. The molecule has 2 atom stereocenters. The number of carbonyl (C=O) groups is 1. The molecule has 1 aromatic heterocycles. The Kier molecular flexibility index (Phi) is 3.72. The van der Waals surface area contributed by atoms with Crippen LogP contribution in [-0.4, -0.2) is 57.3 Å². The highest BCUT2D eigenvalue weighted by Crippen LogP contribution is 2.42. The van der Waals surface area contributed by atoms with E-state index < -0.39 is 37.3 Å². The summed E-state index contributed by atoms with van der Waals surface area (Å²) < 4.78 is 38.6. The molecule has 10 heteroatoms. The molecule has 0 spiro atoms. The number of alkyl halides is 3. The molecule has 0 bridgehead atoms. The Balaban J connectivity index is 2.43. The van der Waals surface area contributed by atoms with Gasteiger partial charge in [-0.15, -0.1) is 0 Å². The van der Waals surface area contributed by atoms with Gasteiger partial charge in [0.05, 0.1) is 0 Å².